The second-order valence-corrected chi connectivity index (χ2v) is 8.94. The highest BCUT2D eigenvalue weighted by atomic mass is 19.1. The molecule has 2 atom stereocenters. The predicted molar refractivity (Wildman–Crippen MR) is 131 cm³/mol. The lowest BCUT2D eigenvalue weighted by atomic mass is 9.92. The summed E-state index contributed by atoms with van der Waals surface area (Å²) in [6, 6.07) is 14.3. The van der Waals surface area contributed by atoms with E-state index in [4.69, 9.17) is 14.2 Å². The van der Waals surface area contributed by atoms with Gasteiger partial charge in [0.1, 0.15) is 30.1 Å². The second-order valence-electron chi connectivity index (χ2n) is 8.94. The van der Waals surface area contributed by atoms with Crippen molar-refractivity contribution in [1.82, 2.24) is 10.6 Å². The molecule has 2 aromatic rings. The van der Waals surface area contributed by atoms with E-state index in [9.17, 15) is 18.8 Å². The van der Waals surface area contributed by atoms with Crippen LogP contribution < -0.4 is 15.4 Å². The van der Waals surface area contributed by atoms with Gasteiger partial charge in [-0.15, -0.1) is 0 Å². The van der Waals surface area contributed by atoms with Gasteiger partial charge in [0.05, 0.1) is 13.5 Å². The SMILES string of the molecule is COc1ccc(C[C@H](NC(=O)[C@H](C)NC(=O)CC2(F)CCOCC2)C(=O)OCc2ccccc2)cc1. The van der Waals surface area contributed by atoms with Crippen LogP contribution in [0.5, 0.6) is 5.75 Å². The Kier molecular flexibility index (Phi) is 9.81. The van der Waals surface area contributed by atoms with Crippen LogP contribution in [0.25, 0.3) is 0 Å². The average Bonchev–Trinajstić information content (AvgIpc) is 2.87. The van der Waals surface area contributed by atoms with Gasteiger partial charge in [-0.1, -0.05) is 42.5 Å². The van der Waals surface area contributed by atoms with Gasteiger partial charge < -0.3 is 24.8 Å². The van der Waals surface area contributed by atoms with Crippen LogP contribution in [0, 0.1) is 0 Å². The summed E-state index contributed by atoms with van der Waals surface area (Å²) in [5, 5.41) is 5.21. The quantitative estimate of drug-likeness (QED) is 0.460. The first-order valence-electron chi connectivity index (χ1n) is 12.0. The van der Waals surface area contributed by atoms with Crippen LogP contribution in [0.2, 0.25) is 0 Å². The van der Waals surface area contributed by atoms with Gasteiger partial charge in [0.15, 0.2) is 0 Å². The lowest BCUT2D eigenvalue weighted by Crippen LogP contribution is -2.52. The molecule has 1 saturated heterocycles. The fraction of sp³-hybridized carbons (Fsp3) is 0.444. The maximum absolute atomic E-state index is 14.8. The Bertz CT molecular complexity index is 1010. The zero-order chi connectivity index (χ0) is 26.0. The van der Waals surface area contributed by atoms with Gasteiger partial charge in [0.25, 0.3) is 0 Å². The van der Waals surface area contributed by atoms with Crippen LogP contribution >= 0.6 is 0 Å². The highest BCUT2D eigenvalue weighted by Crippen LogP contribution is 2.28. The van der Waals surface area contributed by atoms with Gasteiger partial charge in [-0.3, -0.25) is 9.59 Å². The molecule has 194 valence electrons. The van der Waals surface area contributed by atoms with Crippen LogP contribution in [0.15, 0.2) is 54.6 Å². The molecule has 8 nitrogen and oxygen atoms in total. The molecule has 0 saturated carbocycles. The summed E-state index contributed by atoms with van der Waals surface area (Å²) in [5.41, 5.74) is -0.0426. The maximum atomic E-state index is 14.8. The number of hydrogen-bond acceptors (Lipinski definition) is 6. The largest absolute Gasteiger partial charge is 0.497 e. The number of benzene rings is 2. The molecule has 1 aliphatic rings. The monoisotopic (exact) mass is 500 g/mol. The Hall–Kier alpha value is -3.46. The smallest absolute Gasteiger partial charge is 0.329 e. The molecule has 3 rings (SSSR count). The van der Waals surface area contributed by atoms with Crippen LogP contribution in [0.4, 0.5) is 4.39 Å². The fourth-order valence-corrected chi connectivity index (χ4v) is 3.88. The van der Waals surface area contributed by atoms with E-state index in [1.54, 1.807) is 31.4 Å². The fourth-order valence-electron chi connectivity index (χ4n) is 3.88. The third-order valence-electron chi connectivity index (χ3n) is 6.06. The van der Waals surface area contributed by atoms with Crippen molar-refractivity contribution in [3.8, 4) is 5.75 Å². The molecule has 0 aromatic heterocycles. The number of methoxy groups -OCH3 is 1. The Labute approximate surface area is 210 Å². The zero-order valence-electron chi connectivity index (χ0n) is 20.6. The number of halogens is 1. The van der Waals surface area contributed by atoms with E-state index in [0.29, 0.717) is 5.75 Å². The molecule has 0 radical (unpaired) electrons. The lowest BCUT2D eigenvalue weighted by Gasteiger charge is -2.29. The molecule has 0 bridgehead atoms. The molecule has 1 fully saturated rings. The minimum Gasteiger partial charge on any atom is -0.497 e. The normalized spacial score (nSPS) is 16.3. The number of hydrogen-bond donors (Lipinski definition) is 2. The van der Waals surface area contributed by atoms with Crippen molar-refractivity contribution in [2.75, 3.05) is 20.3 Å². The maximum Gasteiger partial charge on any atom is 0.329 e. The molecule has 9 heteroatoms. The lowest BCUT2D eigenvalue weighted by molar-refractivity contribution is -0.149. The van der Waals surface area contributed by atoms with E-state index >= 15 is 0 Å². The second kappa shape index (κ2) is 13.0. The number of nitrogens with one attached hydrogen (secondary N) is 2. The highest BCUT2D eigenvalue weighted by Gasteiger charge is 2.35. The summed E-state index contributed by atoms with van der Waals surface area (Å²) in [7, 11) is 1.56. The third kappa shape index (κ3) is 8.34. The molecular weight excluding hydrogens is 467 g/mol. The average molecular weight is 501 g/mol. The topological polar surface area (TPSA) is 103 Å². The number of carbonyl (C=O) groups excluding carboxylic acids is 3. The van der Waals surface area contributed by atoms with Crippen molar-refractivity contribution in [2.24, 2.45) is 0 Å². The summed E-state index contributed by atoms with van der Waals surface area (Å²) < 4.78 is 30.6. The summed E-state index contributed by atoms with van der Waals surface area (Å²) in [6.07, 6.45) is 0.108. The molecule has 0 spiro atoms. The number of rotatable bonds is 11. The zero-order valence-corrected chi connectivity index (χ0v) is 20.6. The van der Waals surface area contributed by atoms with Crippen molar-refractivity contribution in [2.45, 2.75) is 57.0 Å². The van der Waals surface area contributed by atoms with Crippen LogP contribution in [0.3, 0.4) is 0 Å². The van der Waals surface area contributed by atoms with E-state index in [0.717, 1.165) is 11.1 Å². The van der Waals surface area contributed by atoms with Crippen molar-refractivity contribution in [3.63, 3.8) is 0 Å². The summed E-state index contributed by atoms with van der Waals surface area (Å²) >= 11 is 0. The summed E-state index contributed by atoms with van der Waals surface area (Å²) in [6.45, 7) is 2.07. The van der Waals surface area contributed by atoms with Crippen molar-refractivity contribution < 1.29 is 33.0 Å². The Morgan fingerprint density at radius 3 is 2.31 bits per heavy atom. The van der Waals surface area contributed by atoms with E-state index in [1.165, 1.54) is 6.92 Å². The molecule has 0 aliphatic carbocycles. The molecule has 2 amide bonds. The predicted octanol–water partition coefficient (Wildman–Crippen LogP) is 2.88. The summed E-state index contributed by atoms with van der Waals surface area (Å²) in [4.78, 5) is 38.2. The third-order valence-corrected chi connectivity index (χ3v) is 6.06. The minimum atomic E-state index is -1.64. The number of ether oxygens (including phenoxy) is 3. The number of esters is 1. The molecule has 1 aliphatic heterocycles. The molecular formula is C27H33FN2O6. The molecule has 2 aromatic carbocycles. The van der Waals surface area contributed by atoms with Crippen molar-refractivity contribution in [1.29, 1.82) is 0 Å². The van der Waals surface area contributed by atoms with Gasteiger partial charge in [-0.2, -0.15) is 0 Å². The van der Waals surface area contributed by atoms with Crippen LogP contribution in [-0.4, -0.2) is 55.9 Å². The highest BCUT2D eigenvalue weighted by molar-refractivity contribution is 5.90. The Balaban J connectivity index is 1.62. The number of amides is 2. The van der Waals surface area contributed by atoms with Crippen LogP contribution in [0.1, 0.15) is 37.3 Å². The molecule has 2 N–H and O–H groups in total. The van der Waals surface area contributed by atoms with Crippen LogP contribution in [-0.2, 0) is 36.9 Å². The van der Waals surface area contributed by atoms with E-state index in [2.05, 4.69) is 10.6 Å². The van der Waals surface area contributed by atoms with Gasteiger partial charge in [-0.05, 0) is 30.2 Å². The standard InChI is InChI=1S/C27H33FN2O6/c1-19(29-24(31)17-27(28)12-14-35-15-13-27)25(32)30-23(16-20-8-10-22(34-2)11-9-20)26(33)36-18-21-6-4-3-5-7-21/h3-11,19,23H,12-18H2,1-2H3,(H,29,31)(H,30,32)/t19-,23-/m0/s1. The van der Waals surface area contributed by atoms with Crippen molar-refractivity contribution in [3.05, 3.63) is 65.7 Å². The molecule has 0 unspecified atom stereocenters. The van der Waals surface area contributed by atoms with Gasteiger partial charge in [0, 0.05) is 32.5 Å². The summed E-state index contributed by atoms with van der Waals surface area (Å²) in [5.74, 6) is -1.08. The number of alkyl halides is 1. The number of carbonyl (C=O) groups is 3. The van der Waals surface area contributed by atoms with E-state index in [1.807, 2.05) is 30.3 Å². The van der Waals surface area contributed by atoms with Gasteiger partial charge >= 0.3 is 5.97 Å². The Morgan fingerprint density at radius 1 is 1.00 bits per heavy atom. The Morgan fingerprint density at radius 2 is 1.67 bits per heavy atom. The van der Waals surface area contributed by atoms with Crippen molar-refractivity contribution >= 4 is 17.8 Å². The first kappa shape index (κ1) is 27.1. The van der Waals surface area contributed by atoms with Gasteiger partial charge in [0.2, 0.25) is 11.8 Å². The van der Waals surface area contributed by atoms with E-state index < -0.39 is 35.5 Å². The minimum absolute atomic E-state index is 0.0588. The first-order chi connectivity index (χ1) is 17.3. The first-order valence-corrected chi connectivity index (χ1v) is 12.0. The van der Waals surface area contributed by atoms with Gasteiger partial charge in [-0.25, -0.2) is 9.18 Å². The van der Waals surface area contributed by atoms with E-state index in [-0.39, 0.29) is 45.5 Å². The molecule has 36 heavy (non-hydrogen) atoms. The molecule has 1 heterocycles.